The van der Waals surface area contributed by atoms with Gasteiger partial charge in [-0.3, -0.25) is 34.1 Å². The van der Waals surface area contributed by atoms with Crippen molar-refractivity contribution in [3.63, 3.8) is 0 Å². The first-order chi connectivity index (χ1) is 20.7. The summed E-state index contributed by atoms with van der Waals surface area (Å²) in [6.45, 7) is 21.6. The quantitative estimate of drug-likeness (QED) is 0.117. The van der Waals surface area contributed by atoms with Gasteiger partial charge >= 0.3 is 0 Å². The van der Waals surface area contributed by atoms with Gasteiger partial charge in [0.1, 0.15) is 12.1 Å². The summed E-state index contributed by atoms with van der Waals surface area (Å²) >= 11 is 0. The molecule has 0 saturated carbocycles. The first-order valence-electron chi connectivity index (χ1n) is 16.3. The molecular formula is C33H61N5O7. The second-order valence-electron chi connectivity index (χ2n) is 14.2. The highest BCUT2D eigenvalue weighted by Gasteiger charge is 2.33. The Labute approximate surface area is 270 Å². The number of nitrogens with one attached hydrogen (secondary N) is 5. The number of carbonyl (C=O) groups is 6. The zero-order chi connectivity index (χ0) is 35.2. The SMILES string of the molecule is CC(=O)C(CC(C)C)NC(=O)C(C)NC(=O)CC(O)C(CC(C)C)N[C@H](C(=O)NC(=O)[C@@H](NC(=O)CC(C)C)C(C)C)C(C)C. The third kappa shape index (κ3) is 16.9. The van der Waals surface area contributed by atoms with Gasteiger partial charge in [-0.05, 0) is 56.3 Å². The van der Waals surface area contributed by atoms with Gasteiger partial charge in [-0.15, -0.1) is 0 Å². The lowest BCUT2D eigenvalue weighted by Crippen LogP contribution is -2.59. The number of hydrogen-bond acceptors (Lipinski definition) is 8. The largest absolute Gasteiger partial charge is 0.391 e. The van der Waals surface area contributed by atoms with Crippen molar-refractivity contribution in [2.24, 2.45) is 29.6 Å². The molecule has 0 aliphatic carbocycles. The minimum Gasteiger partial charge on any atom is -0.391 e. The molecule has 12 heteroatoms. The highest BCUT2D eigenvalue weighted by Crippen LogP contribution is 2.15. The Morgan fingerprint density at radius 3 is 1.51 bits per heavy atom. The molecule has 0 aromatic carbocycles. The Kier molecular flexibility index (Phi) is 19.0. The maximum absolute atomic E-state index is 13.3. The smallest absolute Gasteiger partial charge is 0.249 e. The molecule has 5 amide bonds. The van der Waals surface area contributed by atoms with E-state index in [0.29, 0.717) is 12.8 Å². The number of imide groups is 1. The van der Waals surface area contributed by atoms with Crippen LogP contribution >= 0.6 is 0 Å². The lowest BCUT2D eigenvalue weighted by Gasteiger charge is -2.32. The summed E-state index contributed by atoms with van der Waals surface area (Å²) < 4.78 is 0. The summed E-state index contributed by atoms with van der Waals surface area (Å²) in [5, 5.41) is 24.7. The molecule has 0 aliphatic rings. The van der Waals surface area contributed by atoms with Crippen molar-refractivity contribution in [2.45, 2.75) is 145 Å². The van der Waals surface area contributed by atoms with Crippen LogP contribution in [0.4, 0.5) is 0 Å². The minimum absolute atomic E-state index is 0.0911. The Morgan fingerprint density at radius 1 is 0.578 bits per heavy atom. The normalized spacial score (nSPS) is 15.8. The third-order valence-corrected chi connectivity index (χ3v) is 7.32. The molecule has 0 heterocycles. The number of aliphatic hydroxyl groups is 1. The van der Waals surface area contributed by atoms with E-state index in [1.165, 1.54) is 13.8 Å². The van der Waals surface area contributed by atoms with Crippen LogP contribution in [-0.4, -0.2) is 76.7 Å². The van der Waals surface area contributed by atoms with Crippen molar-refractivity contribution >= 4 is 35.3 Å². The van der Waals surface area contributed by atoms with Gasteiger partial charge in [-0.2, -0.15) is 0 Å². The highest BCUT2D eigenvalue weighted by atomic mass is 16.3. The molecule has 0 bridgehead atoms. The van der Waals surface area contributed by atoms with Crippen molar-refractivity contribution in [1.82, 2.24) is 26.6 Å². The number of Topliss-reactive ketones (excluding diaryl/α,β-unsaturated/α-hetero) is 1. The summed E-state index contributed by atoms with van der Waals surface area (Å²) in [5.41, 5.74) is 0. The van der Waals surface area contributed by atoms with E-state index in [1.807, 2.05) is 41.5 Å². The molecule has 0 fully saturated rings. The Bertz CT molecular complexity index is 996. The number of hydrogen-bond donors (Lipinski definition) is 6. The van der Waals surface area contributed by atoms with Gasteiger partial charge in [0, 0.05) is 12.5 Å². The van der Waals surface area contributed by atoms with Crippen LogP contribution in [0.2, 0.25) is 0 Å². The van der Waals surface area contributed by atoms with Crippen LogP contribution in [0.1, 0.15) is 109 Å². The van der Waals surface area contributed by atoms with E-state index in [0.717, 1.165) is 0 Å². The van der Waals surface area contributed by atoms with E-state index in [4.69, 9.17) is 0 Å². The molecular weight excluding hydrogens is 578 g/mol. The van der Waals surface area contributed by atoms with E-state index in [1.54, 1.807) is 27.7 Å². The van der Waals surface area contributed by atoms with Gasteiger partial charge in [0.15, 0.2) is 5.78 Å². The Morgan fingerprint density at radius 2 is 1.07 bits per heavy atom. The summed E-state index contributed by atoms with van der Waals surface area (Å²) in [4.78, 5) is 76.2. The number of amides is 5. The van der Waals surface area contributed by atoms with Crippen molar-refractivity contribution in [2.75, 3.05) is 0 Å². The first-order valence-corrected chi connectivity index (χ1v) is 16.3. The lowest BCUT2D eigenvalue weighted by atomic mass is 9.93. The van der Waals surface area contributed by atoms with Crippen LogP contribution in [0.25, 0.3) is 0 Å². The average Bonchev–Trinajstić information content (AvgIpc) is 2.87. The van der Waals surface area contributed by atoms with Gasteiger partial charge in [-0.25, -0.2) is 0 Å². The number of carbonyl (C=O) groups excluding carboxylic acids is 6. The van der Waals surface area contributed by atoms with Gasteiger partial charge in [0.2, 0.25) is 29.5 Å². The average molecular weight is 640 g/mol. The second-order valence-corrected chi connectivity index (χ2v) is 14.2. The fourth-order valence-corrected chi connectivity index (χ4v) is 4.85. The number of rotatable bonds is 20. The summed E-state index contributed by atoms with van der Waals surface area (Å²) in [6.07, 6.45) is -0.401. The molecule has 6 atom stereocenters. The van der Waals surface area contributed by atoms with Crippen molar-refractivity contribution < 1.29 is 33.9 Å². The summed E-state index contributed by atoms with van der Waals surface area (Å²) in [6, 6.07) is -4.06. The molecule has 0 rings (SSSR count). The molecule has 0 aromatic rings. The third-order valence-electron chi connectivity index (χ3n) is 7.32. The predicted molar refractivity (Wildman–Crippen MR) is 175 cm³/mol. The van der Waals surface area contributed by atoms with Crippen molar-refractivity contribution in [3.05, 3.63) is 0 Å². The maximum atomic E-state index is 13.3. The van der Waals surface area contributed by atoms with E-state index in [2.05, 4.69) is 26.6 Å². The predicted octanol–water partition coefficient (Wildman–Crippen LogP) is 2.22. The fraction of sp³-hybridized carbons (Fsp3) is 0.818. The molecule has 0 radical (unpaired) electrons. The van der Waals surface area contributed by atoms with E-state index < -0.39 is 59.9 Å². The van der Waals surface area contributed by atoms with Crippen LogP contribution in [-0.2, 0) is 28.8 Å². The van der Waals surface area contributed by atoms with Crippen LogP contribution < -0.4 is 26.6 Å². The van der Waals surface area contributed by atoms with Gasteiger partial charge in [0.25, 0.3) is 0 Å². The van der Waals surface area contributed by atoms with Crippen LogP contribution in [0, 0.1) is 29.6 Å². The number of ketones is 1. The standard InChI is InChI=1S/C33H61N5O7/c1-17(2)13-24(23(12)39)36-31(43)22(11)34-28(42)16-26(40)25(14-18(3)4)35-29(20(7)8)32(44)38-33(45)30(21(9)10)37-27(41)15-19(5)6/h17-22,24-26,29-30,35,40H,13-16H2,1-12H3,(H,34,42)(H,36,43)(H,37,41)(H,38,44,45)/t22?,24?,25?,26?,29-,30-/m0/s1. The highest BCUT2D eigenvalue weighted by molar-refractivity contribution is 6.01. The van der Waals surface area contributed by atoms with E-state index in [9.17, 15) is 33.9 Å². The van der Waals surface area contributed by atoms with Gasteiger partial charge in [-0.1, -0.05) is 69.2 Å². The molecule has 0 aromatic heterocycles. The number of aliphatic hydroxyl groups excluding tert-OH is 1. The Hall–Kier alpha value is -2.86. The molecule has 45 heavy (non-hydrogen) atoms. The van der Waals surface area contributed by atoms with E-state index in [-0.39, 0.29) is 54.1 Å². The first kappa shape index (κ1) is 42.1. The summed E-state index contributed by atoms with van der Waals surface area (Å²) in [5.74, 6) is -2.90. The van der Waals surface area contributed by atoms with Crippen LogP contribution in [0.3, 0.4) is 0 Å². The monoisotopic (exact) mass is 639 g/mol. The van der Waals surface area contributed by atoms with E-state index >= 15 is 0 Å². The molecule has 12 nitrogen and oxygen atoms in total. The zero-order valence-electron chi connectivity index (χ0n) is 29.6. The summed E-state index contributed by atoms with van der Waals surface area (Å²) in [7, 11) is 0. The lowest BCUT2D eigenvalue weighted by molar-refractivity contribution is -0.136. The minimum atomic E-state index is -1.21. The zero-order valence-corrected chi connectivity index (χ0v) is 29.6. The molecule has 0 aliphatic heterocycles. The molecule has 0 spiro atoms. The van der Waals surface area contributed by atoms with Gasteiger partial charge < -0.3 is 26.4 Å². The maximum Gasteiger partial charge on any atom is 0.249 e. The molecule has 0 saturated heterocycles. The van der Waals surface area contributed by atoms with Gasteiger partial charge in [0.05, 0.1) is 24.6 Å². The Balaban J connectivity index is 5.57. The van der Waals surface area contributed by atoms with Crippen molar-refractivity contribution in [3.8, 4) is 0 Å². The fourth-order valence-electron chi connectivity index (χ4n) is 4.85. The van der Waals surface area contributed by atoms with Crippen molar-refractivity contribution in [1.29, 1.82) is 0 Å². The molecule has 4 unspecified atom stereocenters. The second kappa shape index (κ2) is 20.3. The van der Waals surface area contributed by atoms with Crippen LogP contribution in [0.5, 0.6) is 0 Å². The molecule has 260 valence electrons. The topological polar surface area (TPSA) is 183 Å². The van der Waals surface area contributed by atoms with Crippen LogP contribution in [0.15, 0.2) is 0 Å². The molecule has 6 N–H and O–H groups in total.